The average molecular weight is 270 g/mol. The predicted octanol–water partition coefficient (Wildman–Crippen LogP) is 2.39. The fourth-order valence-corrected chi connectivity index (χ4v) is 1.74. The average Bonchev–Trinajstić information content (AvgIpc) is 2.16. The number of hydrogen-bond acceptors (Lipinski definition) is 2. The molecule has 0 fully saturated rings. The molecule has 0 radical (unpaired) electrons. The Morgan fingerprint density at radius 2 is 1.93 bits per heavy atom. The third kappa shape index (κ3) is 3.16. The van der Waals surface area contributed by atoms with Gasteiger partial charge in [0.2, 0.25) is 5.91 Å². The van der Waals surface area contributed by atoms with Crippen molar-refractivity contribution in [1.82, 2.24) is 0 Å². The van der Waals surface area contributed by atoms with Gasteiger partial charge in [0.25, 0.3) is 0 Å². The minimum atomic E-state index is -0.200. The van der Waals surface area contributed by atoms with Crippen LogP contribution >= 0.6 is 15.9 Å². The summed E-state index contributed by atoms with van der Waals surface area (Å²) in [4.78, 5) is 23.9. The minimum Gasteiger partial charge on any atom is -0.314 e. The smallest absolute Gasteiger partial charge is 0.234 e. The zero-order valence-corrected chi connectivity index (χ0v) is 10.2. The van der Waals surface area contributed by atoms with Crippen molar-refractivity contribution in [2.45, 2.75) is 13.3 Å². The maximum atomic E-state index is 11.6. The number of carbonyl (C=O) groups is 2. The Balaban J connectivity index is 2.85. The summed E-state index contributed by atoms with van der Waals surface area (Å²) in [5.41, 5.74) is 0.767. The Morgan fingerprint density at radius 1 is 1.33 bits per heavy atom. The number of ketones is 1. The summed E-state index contributed by atoms with van der Waals surface area (Å²) in [6.07, 6.45) is -0.0577. The van der Waals surface area contributed by atoms with Crippen LogP contribution in [0.5, 0.6) is 0 Å². The minimum absolute atomic E-state index is 0.0577. The number of carbonyl (C=O) groups excluding carboxylic acids is 2. The van der Waals surface area contributed by atoms with Gasteiger partial charge in [0.15, 0.2) is 0 Å². The molecular weight excluding hydrogens is 258 g/mol. The number of rotatable bonds is 3. The molecule has 0 saturated carbocycles. The van der Waals surface area contributed by atoms with Gasteiger partial charge in [-0.25, -0.2) is 0 Å². The molecule has 1 rings (SSSR count). The van der Waals surface area contributed by atoms with Gasteiger partial charge >= 0.3 is 0 Å². The monoisotopic (exact) mass is 269 g/mol. The molecule has 0 spiro atoms. The Labute approximate surface area is 97.2 Å². The Morgan fingerprint density at radius 3 is 2.47 bits per heavy atom. The summed E-state index contributed by atoms with van der Waals surface area (Å²) >= 11 is 3.35. The second-order valence-corrected chi connectivity index (χ2v) is 4.14. The first kappa shape index (κ1) is 11.9. The maximum Gasteiger partial charge on any atom is 0.234 e. The fourth-order valence-electron chi connectivity index (χ4n) is 1.19. The first-order valence-electron chi connectivity index (χ1n) is 4.53. The van der Waals surface area contributed by atoms with Gasteiger partial charge < -0.3 is 4.90 Å². The number of benzene rings is 1. The van der Waals surface area contributed by atoms with Crippen molar-refractivity contribution in [3.8, 4) is 0 Å². The molecule has 0 saturated heterocycles. The predicted molar refractivity (Wildman–Crippen MR) is 62.9 cm³/mol. The highest BCUT2D eigenvalue weighted by Gasteiger charge is 2.14. The van der Waals surface area contributed by atoms with E-state index in [4.69, 9.17) is 0 Å². The quantitative estimate of drug-likeness (QED) is 0.791. The lowest BCUT2D eigenvalue weighted by molar-refractivity contribution is -0.125. The molecule has 1 aromatic rings. The van der Waals surface area contributed by atoms with Crippen molar-refractivity contribution >= 4 is 33.3 Å². The fraction of sp³-hybridized carbons (Fsp3) is 0.273. The molecule has 4 heteroatoms. The molecule has 1 aromatic carbocycles. The molecule has 0 aromatic heterocycles. The van der Waals surface area contributed by atoms with Crippen molar-refractivity contribution in [3.05, 3.63) is 28.7 Å². The highest BCUT2D eigenvalue weighted by Crippen LogP contribution is 2.24. The first-order valence-corrected chi connectivity index (χ1v) is 5.32. The highest BCUT2D eigenvalue weighted by molar-refractivity contribution is 9.10. The normalized spacial score (nSPS) is 9.80. The molecule has 0 atom stereocenters. The lowest BCUT2D eigenvalue weighted by Gasteiger charge is -2.17. The third-order valence-corrected chi connectivity index (χ3v) is 2.66. The number of nitrogens with zero attached hydrogens (tertiary/aromatic N) is 1. The van der Waals surface area contributed by atoms with Gasteiger partial charge in [-0.2, -0.15) is 0 Å². The molecule has 0 heterocycles. The molecule has 15 heavy (non-hydrogen) atoms. The van der Waals surface area contributed by atoms with Crippen LogP contribution in [-0.4, -0.2) is 18.7 Å². The largest absolute Gasteiger partial charge is 0.314 e. The summed E-state index contributed by atoms with van der Waals surface area (Å²) in [7, 11) is 1.66. The molecule has 0 aliphatic carbocycles. The van der Waals surface area contributed by atoms with Crippen LogP contribution in [0.4, 0.5) is 5.69 Å². The van der Waals surface area contributed by atoms with Crippen LogP contribution in [0.1, 0.15) is 13.3 Å². The van der Waals surface area contributed by atoms with Crippen molar-refractivity contribution in [1.29, 1.82) is 0 Å². The molecule has 80 valence electrons. The highest BCUT2D eigenvalue weighted by atomic mass is 79.9. The summed E-state index contributed by atoms with van der Waals surface area (Å²) in [5.74, 6) is -0.326. The van der Waals surface area contributed by atoms with Crippen molar-refractivity contribution in [3.63, 3.8) is 0 Å². The topological polar surface area (TPSA) is 37.4 Å². The van der Waals surface area contributed by atoms with E-state index < -0.39 is 0 Å². The van der Waals surface area contributed by atoms with Crippen LogP contribution in [0.2, 0.25) is 0 Å². The second-order valence-electron chi connectivity index (χ2n) is 3.28. The Hall–Kier alpha value is -1.16. The SMILES string of the molecule is CC(=O)CC(=O)N(C)c1ccccc1Br. The summed E-state index contributed by atoms with van der Waals surface area (Å²) < 4.78 is 0.837. The van der Waals surface area contributed by atoms with E-state index in [9.17, 15) is 9.59 Å². The van der Waals surface area contributed by atoms with E-state index in [0.717, 1.165) is 10.2 Å². The van der Waals surface area contributed by atoms with Crippen LogP contribution < -0.4 is 4.90 Å². The number of Topliss-reactive ketones (excluding diaryl/α,β-unsaturated/α-hetero) is 1. The molecule has 1 amide bonds. The zero-order chi connectivity index (χ0) is 11.4. The van der Waals surface area contributed by atoms with Crippen LogP contribution in [0.25, 0.3) is 0 Å². The standard InChI is InChI=1S/C11H12BrNO2/c1-8(14)7-11(15)13(2)10-6-4-3-5-9(10)12/h3-6H,7H2,1-2H3. The van der Waals surface area contributed by atoms with Gasteiger partial charge in [-0.3, -0.25) is 9.59 Å². The Kier molecular flexibility index (Phi) is 4.03. The molecule has 0 unspecified atom stereocenters. The third-order valence-electron chi connectivity index (χ3n) is 1.99. The van der Waals surface area contributed by atoms with E-state index in [1.165, 1.54) is 11.8 Å². The van der Waals surface area contributed by atoms with E-state index in [1.54, 1.807) is 7.05 Å². The number of amides is 1. The van der Waals surface area contributed by atoms with Gasteiger partial charge in [0.1, 0.15) is 5.78 Å². The number of para-hydroxylation sites is 1. The van der Waals surface area contributed by atoms with E-state index >= 15 is 0 Å². The van der Waals surface area contributed by atoms with Crippen LogP contribution in [-0.2, 0) is 9.59 Å². The summed E-state index contributed by atoms with van der Waals surface area (Å²) in [6.45, 7) is 1.41. The maximum absolute atomic E-state index is 11.6. The summed E-state index contributed by atoms with van der Waals surface area (Å²) in [6, 6.07) is 7.39. The number of hydrogen-bond donors (Lipinski definition) is 0. The van der Waals surface area contributed by atoms with Crippen molar-refractivity contribution in [2.24, 2.45) is 0 Å². The van der Waals surface area contributed by atoms with Gasteiger partial charge in [-0.15, -0.1) is 0 Å². The first-order chi connectivity index (χ1) is 7.02. The van der Waals surface area contributed by atoms with E-state index in [-0.39, 0.29) is 18.1 Å². The van der Waals surface area contributed by atoms with Gasteiger partial charge in [-0.1, -0.05) is 12.1 Å². The second kappa shape index (κ2) is 5.07. The van der Waals surface area contributed by atoms with Crippen LogP contribution in [0.3, 0.4) is 0 Å². The van der Waals surface area contributed by atoms with Crippen molar-refractivity contribution in [2.75, 3.05) is 11.9 Å². The molecule has 3 nitrogen and oxygen atoms in total. The van der Waals surface area contributed by atoms with E-state index in [0.29, 0.717) is 0 Å². The summed E-state index contributed by atoms with van der Waals surface area (Å²) in [5, 5.41) is 0. The number of halogens is 1. The Bertz CT molecular complexity index is 390. The van der Waals surface area contributed by atoms with Gasteiger partial charge in [0, 0.05) is 11.5 Å². The molecule has 0 aliphatic heterocycles. The van der Waals surface area contributed by atoms with Crippen LogP contribution in [0.15, 0.2) is 28.7 Å². The van der Waals surface area contributed by atoms with Gasteiger partial charge in [0.05, 0.1) is 12.1 Å². The van der Waals surface area contributed by atoms with Crippen LogP contribution in [0, 0.1) is 0 Å². The van der Waals surface area contributed by atoms with E-state index in [1.807, 2.05) is 24.3 Å². The molecule has 0 aliphatic rings. The van der Waals surface area contributed by atoms with Crippen molar-refractivity contribution < 1.29 is 9.59 Å². The molecule has 0 bridgehead atoms. The van der Waals surface area contributed by atoms with Gasteiger partial charge in [-0.05, 0) is 35.0 Å². The lowest BCUT2D eigenvalue weighted by Crippen LogP contribution is -2.27. The lowest BCUT2D eigenvalue weighted by atomic mass is 10.2. The van der Waals surface area contributed by atoms with E-state index in [2.05, 4.69) is 15.9 Å². The molecular formula is C11H12BrNO2. The molecule has 0 N–H and O–H groups in total. The number of anilines is 1. The zero-order valence-electron chi connectivity index (χ0n) is 8.66.